The Balaban J connectivity index is 1.30. The number of rotatable bonds is 6. The fraction of sp³-hybridized carbons (Fsp3) is 0.292. The van der Waals surface area contributed by atoms with Gasteiger partial charge in [-0.3, -0.25) is 9.59 Å². The SMILES string of the molecule is Cc1cc(C)n(-c2ccc(CCNC(=O)c3ccc(N4CCCC4=O)cc3)cc2)n1. The summed E-state index contributed by atoms with van der Waals surface area (Å²) >= 11 is 0. The van der Waals surface area contributed by atoms with Crippen LogP contribution in [-0.2, 0) is 11.2 Å². The molecule has 0 aliphatic carbocycles. The van der Waals surface area contributed by atoms with Crippen LogP contribution in [-0.4, -0.2) is 34.7 Å². The van der Waals surface area contributed by atoms with Crippen LogP contribution in [0.4, 0.5) is 5.69 Å². The van der Waals surface area contributed by atoms with Crippen LogP contribution < -0.4 is 10.2 Å². The van der Waals surface area contributed by atoms with Crippen LogP contribution >= 0.6 is 0 Å². The van der Waals surface area contributed by atoms with Crippen molar-refractivity contribution in [1.29, 1.82) is 0 Å². The summed E-state index contributed by atoms with van der Waals surface area (Å²) in [6, 6.07) is 17.5. The Bertz CT molecular complexity index is 1050. The molecule has 6 heteroatoms. The van der Waals surface area contributed by atoms with Crippen LogP contribution in [0.1, 0.15) is 40.2 Å². The van der Waals surface area contributed by atoms with E-state index in [1.807, 2.05) is 30.7 Å². The van der Waals surface area contributed by atoms with E-state index in [2.05, 4.69) is 40.7 Å². The maximum atomic E-state index is 12.4. The minimum absolute atomic E-state index is 0.103. The number of amides is 2. The van der Waals surface area contributed by atoms with Gasteiger partial charge < -0.3 is 10.2 Å². The molecule has 4 rings (SSSR count). The molecule has 0 bridgehead atoms. The molecule has 3 aromatic rings. The molecule has 6 nitrogen and oxygen atoms in total. The summed E-state index contributed by atoms with van der Waals surface area (Å²) in [5, 5.41) is 7.47. The number of aryl methyl sites for hydroxylation is 2. The van der Waals surface area contributed by atoms with E-state index in [9.17, 15) is 9.59 Å². The van der Waals surface area contributed by atoms with Gasteiger partial charge in [0.25, 0.3) is 5.91 Å². The van der Waals surface area contributed by atoms with Gasteiger partial charge in [0, 0.05) is 36.5 Å². The van der Waals surface area contributed by atoms with E-state index in [4.69, 9.17) is 0 Å². The zero-order chi connectivity index (χ0) is 21.1. The van der Waals surface area contributed by atoms with Crippen molar-refractivity contribution in [2.24, 2.45) is 0 Å². The Morgan fingerprint density at radius 3 is 2.33 bits per heavy atom. The van der Waals surface area contributed by atoms with E-state index < -0.39 is 0 Å². The number of benzene rings is 2. The fourth-order valence-electron chi connectivity index (χ4n) is 3.83. The molecule has 1 saturated heterocycles. The highest BCUT2D eigenvalue weighted by atomic mass is 16.2. The minimum atomic E-state index is -0.103. The summed E-state index contributed by atoms with van der Waals surface area (Å²) in [5.41, 5.74) is 5.75. The van der Waals surface area contributed by atoms with Gasteiger partial charge in [0.1, 0.15) is 0 Å². The zero-order valence-electron chi connectivity index (χ0n) is 17.4. The molecule has 1 aliphatic rings. The van der Waals surface area contributed by atoms with Crippen molar-refractivity contribution >= 4 is 17.5 Å². The van der Waals surface area contributed by atoms with Gasteiger partial charge in [-0.05, 0) is 74.7 Å². The summed E-state index contributed by atoms with van der Waals surface area (Å²) in [6.45, 7) is 5.34. The van der Waals surface area contributed by atoms with E-state index in [-0.39, 0.29) is 11.8 Å². The van der Waals surface area contributed by atoms with E-state index in [0.717, 1.165) is 47.7 Å². The Labute approximate surface area is 176 Å². The van der Waals surface area contributed by atoms with Crippen LogP contribution in [0.15, 0.2) is 54.6 Å². The molecule has 1 fully saturated rings. The second kappa shape index (κ2) is 8.53. The molecule has 0 radical (unpaired) electrons. The van der Waals surface area contributed by atoms with Gasteiger partial charge in [-0.2, -0.15) is 5.10 Å². The van der Waals surface area contributed by atoms with Gasteiger partial charge in [0.2, 0.25) is 5.91 Å². The molecule has 0 atom stereocenters. The van der Waals surface area contributed by atoms with Crippen molar-refractivity contribution in [3.05, 3.63) is 77.1 Å². The first-order chi connectivity index (χ1) is 14.5. The first-order valence-corrected chi connectivity index (χ1v) is 10.3. The smallest absolute Gasteiger partial charge is 0.251 e. The number of aromatic nitrogens is 2. The Morgan fingerprint density at radius 2 is 1.73 bits per heavy atom. The summed E-state index contributed by atoms with van der Waals surface area (Å²) in [5.74, 6) is 0.0460. The van der Waals surface area contributed by atoms with Crippen molar-refractivity contribution in [2.75, 3.05) is 18.0 Å². The topological polar surface area (TPSA) is 67.2 Å². The predicted molar refractivity (Wildman–Crippen MR) is 117 cm³/mol. The molecule has 30 heavy (non-hydrogen) atoms. The van der Waals surface area contributed by atoms with Gasteiger partial charge in [0.15, 0.2) is 0 Å². The van der Waals surface area contributed by atoms with Crippen molar-refractivity contribution in [3.8, 4) is 5.69 Å². The minimum Gasteiger partial charge on any atom is -0.352 e. The highest BCUT2D eigenvalue weighted by Crippen LogP contribution is 2.21. The average Bonchev–Trinajstić information content (AvgIpc) is 3.33. The van der Waals surface area contributed by atoms with Crippen molar-refractivity contribution < 1.29 is 9.59 Å². The standard InChI is InChI=1S/C24H26N4O2/c1-17-16-18(2)28(26-17)22-9-5-19(6-10-22)13-14-25-24(30)20-7-11-21(12-8-20)27-15-3-4-23(27)29/h5-12,16H,3-4,13-15H2,1-2H3,(H,25,30). The van der Waals surface area contributed by atoms with Gasteiger partial charge in [-0.25, -0.2) is 4.68 Å². The van der Waals surface area contributed by atoms with E-state index >= 15 is 0 Å². The van der Waals surface area contributed by atoms with E-state index in [1.54, 1.807) is 17.0 Å². The van der Waals surface area contributed by atoms with Crippen molar-refractivity contribution in [1.82, 2.24) is 15.1 Å². The lowest BCUT2D eigenvalue weighted by atomic mass is 10.1. The molecule has 1 N–H and O–H groups in total. The summed E-state index contributed by atoms with van der Waals surface area (Å²) in [7, 11) is 0. The maximum Gasteiger partial charge on any atom is 0.251 e. The quantitative estimate of drug-likeness (QED) is 0.685. The fourth-order valence-corrected chi connectivity index (χ4v) is 3.83. The Kier molecular flexibility index (Phi) is 5.65. The van der Waals surface area contributed by atoms with Gasteiger partial charge in [0.05, 0.1) is 11.4 Å². The number of hydrogen-bond acceptors (Lipinski definition) is 3. The predicted octanol–water partition coefficient (Wildman–Crippen LogP) is 3.59. The molecule has 0 spiro atoms. The van der Waals surface area contributed by atoms with Crippen molar-refractivity contribution in [2.45, 2.75) is 33.1 Å². The highest BCUT2D eigenvalue weighted by molar-refractivity contribution is 5.97. The van der Waals surface area contributed by atoms with Gasteiger partial charge >= 0.3 is 0 Å². The number of nitrogens with one attached hydrogen (secondary N) is 1. The lowest BCUT2D eigenvalue weighted by Gasteiger charge is -2.15. The summed E-state index contributed by atoms with van der Waals surface area (Å²) in [6.07, 6.45) is 2.25. The zero-order valence-corrected chi connectivity index (χ0v) is 17.4. The monoisotopic (exact) mass is 402 g/mol. The van der Waals surface area contributed by atoms with Crippen LogP contribution in [0.25, 0.3) is 5.69 Å². The largest absolute Gasteiger partial charge is 0.352 e. The Hall–Kier alpha value is -3.41. The average molecular weight is 402 g/mol. The highest BCUT2D eigenvalue weighted by Gasteiger charge is 2.21. The lowest BCUT2D eigenvalue weighted by molar-refractivity contribution is -0.117. The number of carbonyl (C=O) groups excluding carboxylic acids is 2. The number of nitrogens with zero attached hydrogens (tertiary/aromatic N) is 3. The third kappa shape index (κ3) is 4.27. The molecular weight excluding hydrogens is 376 g/mol. The van der Waals surface area contributed by atoms with Crippen LogP contribution in [0.5, 0.6) is 0 Å². The van der Waals surface area contributed by atoms with Crippen LogP contribution in [0.3, 0.4) is 0 Å². The molecule has 154 valence electrons. The van der Waals surface area contributed by atoms with Crippen LogP contribution in [0.2, 0.25) is 0 Å². The second-order valence-electron chi connectivity index (χ2n) is 7.71. The first kappa shape index (κ1) is 19.9. The molecule has 1 aliphatic heterocycles. The second-order valence-corrected chi connectivity index (χ2v) is 7.71. The molecule has 1 aromatic heterocycles. The van der Waals surface area contributed by atoms with Gasteiger partial charge in [-0.15, -0.1) is 0 Å². The number of anilines is 1. The lowest BCUT2D eigenvalue weighted by Crippen LogP contribution is -2.26. The van der Waals surface area contributed by atoms with E-state index in [1.165, 1.54) is 0 Å². The summed E-state index contributed by atoms with van der Waals surface area (Å²) in [4.78, 5) is 26.0. The summed E-state index contributed by atoms with van der Waals surface area (Å²) < 4.78 is 1.93. The molecular formula is C24H26N4O2. The third-order valence-electron chi connectivity index (χ3n) is 5.40. The molecule has 2 heterocycles. The number of hydrogen-bond donors (Lipinski definition) is 1. The maximum absolute atomic E-state index is 12.4. The molecule has 0 saturated carbocycles. The number of carbonyl (C=O) groups is 2. The normalized spacial score (nSPS) is 13.7. The van der Waals surface area contributed by atoms with Gasteiger partial charge in [-0.1, -0.05) is 12.1 Å². The molecule has 2 aromatic carbocycles. The van der Waals surface area contributed by atoms with Crippen molar-refractivity contribution in [3.63, 3.8) is 0 Å². The molecule has 2 amide bonds. The molecule has 0 unspecified atom stereocenters. The Morgan fingerprint density at radius 1 is 1.03 bits per heavy atom. The van der Waals surface area contributed by atoms with E-state index in [0.29, 0.717) is 18.5 Å². The van der Waals surface area contributed by atoms with Crippen LogP contribution in [0, 0.1) is 13.8 Å². The first-order valence-electron chi connectivity index (χ1n) is 10.3. The third-order valence-corrected chi connectivity index (χ3v) is 5.40.